The third-order valence-corrected chi connectivity index (χ3v) is 10.2. The maximum Gasteiger partial charge on any atom is 0.337 e. The second kappa shape index (κ2) is 8.72. The average molecular weight is 406 g/mol. The predicted molar refractivity (Wildman–Crippen MR) is 118 cm³/mol. The summed E-state index contributed by atoms with van der Waals surface area (Å²) in [6.07, 6.45) is 2.08. The number of carboxylic acid groups (broad SMARTS) is 1. The third kappa shape index (κ3) is 4.31. The highest BCUT2D eigenvalue weighted by Crippen LogP contribution is 2.36. The van der Waals surface area contributed by atoms with Crippen molar-refractivity contribution in [3.8, 4) is 0 Å². The third-order valence-electron chi connectivity index (χ3n) is 5.19. The van der Waals surface area contributed by atoms with E-state index in [9.17, 15) is 9.90 Å². The van der Waals surface area contributed by atoms with Crippen LogP contribution in [0.4, 0.5) is 0 Å². The summed E-state index contributed by atoms with van der Waals surface area (Å²) >= 11 is 0. The first kappa shape index (κ1) is 21.0. The van der Waals surface area contributed by atoms with E-state index in [1.54, 1.807) is 18.3 Å². The summed E-state index contributed by atoms with van der Waals surface area (Å²) in [6, 6.07) is 24.1. The van der Waals surface area contributed by atoms with E-state index < -0.39 is 14.3 Å². The van der Waals surface area contributed by atoms with Gasteiger partial charge in [0.15, 0.2) is 0 Å². The molecule has 0 bridgehead atoms. The minimum atomic E-state index is -2.62. The number of benzene rings is 2. The van der Waals surface area contributed by atoms with Gasteiger partial charge in [-0.2, -0.15) is 0 Å². The van der Waals surface area contributed by atoms with Crippen LogP contribution >= 0.6 is 0 Å². The summed E-state index contributed by atoms with van der Waals surface area (Å²) in [6.45, 7) is 7.08. The number of hydrogen-bond acceptors (Lipinski definition) is 3. The SMILES string of the molecule is CC(C)(C)[Si](OCCc1ncccc1C(=O)O)(c1ccccc1)c1ccccc1. The minimum absolute atomic E-state index is 0.116. The van der Waals surface area contributed by atoms with E-state index in [0.29, 0.717) is 18.7 Å². The fraction of sp³-hybridized carbons (Fsp3) is 0.250. The van der Waals surface area contributed by atoms with E-state index in [-0.39, 0.29) is 10.6 Å². The lowest BCUT2D eigenvalue weighted by Gasteiger charge is -2.43. The standard InChI is InChI=1S/C24H27NO3Si/c1-24(2,3)29(19-11-6-4-7-12-19,20-13-8-5-9-14-20)28-18-16-22-21(23(26)27)15-10-17-25-22/h4-15,17H,16,18H2,1-3H3,(H,26,27). The zero-order valence-electron chi connectivity index (χ0n) is 17.1. The lowest BCUT2D eigenvalue weighted by molar-refractivity contribution is 0.0695. The van der Waals surface area contributed by atoms with Gasteiger partial charge in [0.25, 0.3) is 8.32 Å². The molecule has 0 atom stereocenters. The van der Waals surface area contributed by atoms with Crippen molar-refractivity contribution in [3.05, 3.63) is 90.3 Å². The normalized spacial score (nSPS) is 12.0. The van der Waals surface area contributed by atoms with E-state index in [2.05, 4.69) is 74.3 Å². The molecule has 3 aromatic rings. The largest absolute Gasteiger partial charge is 0.478 e. The van der Waals surface area contributed by atoms with E-state index in [4.69, 9.17) is 4.43 Å². The molecule has 0 spiro atoms. The Labute approximate surface area is 173 Å². The number of aromatic nitrogens is 1. The lowest BCUT2D eigenvalue weighted by Crippen LogP contribution is -2.66. The zero-order valence-corrected chi connectivity index (χ0v) is 18.1. The van der Waals surface area contributed by atoms with Crippen molar-refractivity contribution >= 4 is 24.7 Å². The van der Waals surface area contributed by atoms with Gasteiger partial charge < -0.3 is 9.53 Å². The first-order valence-corrected chi connectivity index (χ1v) is 11.7. The van der Waals surface area contributed by atoms with Gasteiger partial charge in [-0.25, -0.2) is 4.79 Å². The predicted octanol–water partition coefficient (Wildman–Crippen LogP) is 3.90. The van der Waals surface area contributed by atoms with Crippen molar-refractivity contribution in [1.82, 2.24) is 4.98 Å². The van der Waals surface area contributed by atoms with Crippen LogP contribution in [0.2, 0.25) is 5.04 Å². The summed E-state index contributed by atoms with van der Waals surface area (Å²) in [5.74, 6) is -0.960. The molecule has 0 unspecified atom stereocenters. The number of aromatic carboxylic acids is 1. The van der Waals surface area contributed by atoms with E-state index >= 15 is 0 Å². The van der Waals surface area contributed by atoms with Gasteiger partial charge >= 0.3 is 5.97 Å². The molecular weight excluding hydrogens is 378 g/mol. The highest BCUT2D eigenvalue weighted by Gasteiger charge is 2.50. The van der Waals surface area contributed by atoms with Crippen LogP contribution in [0.15, 0.2) is 79.0 Å². The van der Waals surface area contributed by atoms with Crippen molar-refractivity contribution in [1.29, 1.82) is 0 Å². The van der Waals surface area contributed by atoms with Crippen LogP contribution < -0.4 is 10.4 Å². The highest BCUT2D eigenvalue weighted by atomic mass is 28.4. The number of hydrogen-bond donors (Lipinski definition) is 1. The smallest absolute Gasteiger partial charge is 0.337 e. The summed E-state index contributed by atoms with van der Waals surface area (Å²) in [5, 5.41) is 11.7. The van der Waals surface area contributed by atoms with Gasteiger partial charge in [-0.05, 0) is 27.5 Å². The molecule has 3 rings (SSSR count). The molecule has 4 nitrogen and oxygen atoms in total. The van der Waals surface area contributed by atoms with Gasteiger partial charge in [0.1, 0.15) is 0 Å². The molecule has 0 saturated carbocycles. The van der Waals surface area contributed by atoms with E-state index in [1.165, 1.54) is 10.4 Å². The van der Waals surface area contributed by atoms with Crippen LogP contribution in [0.1, 0.15) is 36.8 Å². The summed E-state index contributed by atoms with van der Waals surface area (Å²) in [4.78, 5) is 15.8. The Morgan fingerprint density at radius 1 is 0.931 bits per heavy atom. The van der Waals surface area contributed by atoms with Crippen LogP contribution in [-0.2, 0) is 10.8 Å². The van der Waals surface area contributed by atoms with Crippen molar-refractivity contribution in [2.24, 2.45) is 0 Å². The number of rotatable bonds is 7. The fourth-order valence-electron chi connectivity index (χ4n) is 3.89. The molecule has 0 radical (unpaired) electrons. The fourth-order valence-corrected chi connectivity index (χ4v) is 8.46. The quantitative estimate of drug-likeness (QED) is 0.606. The highest BCUT2D eigenvalue weighted by molar-refractivity contribution is 6.99. The first-order chi connectivity index (χ1) is 13.9. The summed E-state index contributed by atoms with van der Waals surface area (Å²) < 4.78 is 6.81. The molecule has 1 aromatic heterocycles. The van der Waals surface area contributed by atoms with Gasteiger partial charge in [0, 0.05) is 19.2 Å². The number of carboxylic acids is 1. The average Bonchev–Trinajstić information content (AvgIpc) is 2.72. The van der Waals surface area contributed by atoms with E-state index in [0.717, 1.165) is 0 Å². The van der Waals surface area contributed by atoms with Gasteiger partial charge in [-0.15, -0.1) is 0 Å². The Morgan fingerprint density at radius 3 is 1.97 bits per heavy atom. The lowest BCUT2D eigenvalue weighted by atomic mass is 10.1. The van der Waals surface area contributed by atoms with E-state index in [1.807, 2.05) is 12.1 Å². The Balaban J connectivity index is 2.00. The molecule has 0 aliphatic carbocycles. The Bertz CT molecular complexity index is 913. The molecule has 0 aliphatic rings. The van der Waals surface area contributed by atoms with Crippen LogP contribution in [0.5, 0.6) is 0 Å². The molecule has 29 heavy (non-hydrogen) atoms. The Hall–Kier alpha value is -2.76. The molecule has 150 valence electrons. The van der Waals surface area contributed by atoms with Crippen molar-refractivity contribution < 1.29 is 14.3 Å². The molecule has 0 fully saturated rings. The zero-order chi connectivity index (χ0) is 20.9. The topological polar surface area (TPSA) is 59.4 Å². The van der Waals surface area contributed by atoms with Crippen molar-refractivity contribution in [2.45, 2.75) is 32.2 Å². The van der Waals surface area contributed by atoms with Crippen LogP contribution in [-0.4, -0.2) is 31.0 Å². The maximum absolute atomic E-state index is 11.5. The summed E-state index contributed by atoms with van der Waals surface area (Å²) in [7, 11) is -2.62. The monoisotopic (exact) mass is 405 g/mol. The molecule has 1 heterocycles. The second-order valence-corrected chi connectivity index (χ2v) is 12.4. The maximum atomic E-state index is 11.5. The number of nitrogens with zero attached hydrogens (tertiary/aromatic N) is 1. The molecule has 1 N–H and O–H groups in total. The first-order valence-electron chi connectivity index (χ1n) is 9.78. The minimum Gasteiger partial charge on any atom is -0.478 e. The van der Waals surface area contributed by atoms with Crippen LogP contribution in [0.3, 0.4) is 0 Å². The molecule has 0 aliphatic heterocycles. The Kier molecular flexibility index (Phi) is 6.30. The molecule has 5 heteroatoms. The molecular formula is C24H27NO3Si. The molecule has 0 saturated heterocycles. The molecule has 2 aromatic carbocycles. The summed E-state index contributed by atoms with van der Waals surface area (Å²) in [5.41, 5.74) is 0.788. The second-order valence-electron chi connectivity index (χ2n) is 8.06. The van der Waals surface area contributed by atoms with Crippen LogP contribution in [0.25, 0.3) is 0 Å². The van der Waals surface area contributed by atoms with Gasteiger partial charge in [-0.1, -0.05) is 81.4 Å². The van der Waals surface area contributed by atoms with Crippen molar-refractivity contribution in [3.63, 3.8) is 0 Å². The van der Waals surface area contributed by atoms with Gasteiger partial charge in [0.2, 0.25) is 0 Å². The Morgan fingerprint density at radius 2 is 1.48 bits per heavy atom. The van der Waals surface area contributed by atoms with Crippen molar-refractivity contribution in [2.75, 3.05) is 6.61 Å². The number of pyridine rings is 1. The number of carbonyl (C=O) groups is 1. The molecule has 0 amide bonds. The van der Waals surface area contributed by atoms with Gasteiger partial charge in [0.05, 0.1) is 11.3 Å². The van der Waals surface area contributed by atoms with Crippen LogP contribution in [0, 0.1) is 0 Å². The van der Waals surface area contributed by atoms with Gasteiger partial charge in [-0.3, -0.25) is 4.98 Å².